The van der Waals surface area contributed by atoms with Crippen molar-refractivity contribution in [1.29, 1.82) is 0 Å². The molecule has 0 spiro atoms. The third-order valence-electron chi connectivity index (χ3n) is 6.40. The van der Waals surface area contributed by atoms with Gasteiger partial charge in [0.25, 0.3) is 5.56 Å². The molecule has 0 N–H and O–H groups in total. The van der Waals surface area contributed by atoms with Crippen molar-refractivity contribution in [3.8, 4) is 27.8 Å². The van der Waals surface area contributed by atoms with Crippen LogP contribution in [0.5, 0.6) is 11.5 Å². The average Bonchev–Trinajstić information content (AvgIpc) is 3.54. The predicted molar refractivity (Wildman–Crippen MR) is 136 cm³/mol. The molecular formula is C26H24ClN3O3S. The third-order valence-corrected chi connectivity index (χ3v) is 7.76. The van der Waals surface area contributed by atoms with Crippen molar-refractivity contribution in [2.45, 2.75) is 18.9 Å². The first-order valence-corrected chi connectivity index (χ1v) is 12.6. The highest BCUT2D eigenvalue weighted by Crippen LogP contribution is 2.34. The second-order valence-corrected chi connectivity index (χ2v) is 10.4. The van der Waals surface area contributed by atoms with Crippen LogP contribution in [0.2, 0.25) is 5.02 Å². The number of nitrogens with zero attached hydrogens (tertiary/aromatic N) is 3. The first kappa shape index (κ1) is 21.6. The SMILES string of the molecule is COc1cc(-n2ccc3nc(-c4ccc(Cl)cc4)sc3c2=O)ccc1OC1CN(CC2CC2)C1. The van der Waals surface area contributed by atoms with Gasteiger partial charge in [-0.2, -0.15) is 0 Å². The molecule has 1 saturated heterocycles. The molecular weight excluding hydrogens is 470 g/mol. The Morgan fingerprint density at radius 1 is 1.09 bits per heavy atom. The molecule has 0 unspecified atom stereocenters. The molecule has 174 valence electrons. The van der Waals surface area contributed by atoms with E-state index in [0.29, 0.717) is 26.7 Å². The van der Waals surface area contributed by atoms with Gasteiger partial charge in [0.2, 0.25) is 0 Å². The number of likely N-dealkylation sites (tertiary alicyclic amines) is 1. The van der Waals surface area contributed by atoms with Gasteiger partial charge in [-0.25, -0.2) is 4.98 Å². The summed E-state index contributed by atoms with van der Waals surface area (Å²) in [5.41, 5.74) is 2.23. The van der Waals surface area contributed by atoms with Crippen LogP contribution in [0.25, 0.3) is 26.5 Å². The second-order valence-electron chi connectivity index (χ2n) is 8.97. The molecule has 6 nitrogen and oxygen atoms in total. The molecule has 0 bridgehead atoms. The Morgan fingerprint density at radius 3 is 2.62 bits per heavy atom. The fraction of sp³-hybridized carbons (Fsp3) is 0.308. The van der Waals surface area contributed by atoms with E-state index in [0.717, 1.165) is 35.3 Å². The van der Waals surface area contributed by atoms with Crippen molar-refractivity contribution >= 4 is 33.2 Å². The number of pyridine rings is 1. The summed E-state index contributed by atoms with van der Waals surface area (Å²) in [5.74, 6) is 2.22. The van der Waals surface area contributed by atoms with Gasteiger partial charge in [0.15, 0.2) is 11.5 Å². The lowest BCUT2D eigenvalue weighted by Gasteiger charge is -2.39. The number of hydrogen-bond acceptors (Lipinski definition) is 6. The minimum absolute atomic E-state index is 0.111. The number of ether oxygens (including phenoxy) is 2. The van der Waals surface area contributed by atoms with Gasteiger partial charge in [-0.05, 0) is 49.1 Å². The van der Waals surface area contributed by atoms with Gasteiger partial charge in [0, 0.05) is 42.5 Å². The summed E-state index contributed by atoms with van der Waals surface area (Å²) >= 11 is 7.39. The standard InChI is InChI=1S/C26H24ClN3O3S/c1-32-23-12-19(8-9-22(23)33-20-14-29(15-20)13-16-2-3-16)30-11-10-21-24(26(30)31)34-25(28-21)17-4-6-18(27)7-5-17/h4-12,16,20H,2-3,13-15H2,1H3. The maximum absolute atomic E-state index is 13.3. The monoisotopic (exact) mass is 493 g/mol. The molecule has 3 heterocycles. The number of fused-ring (bicyclic) bond motifs is 1. The highest BCUT2D eigenvalue weighted by atomic mass is 35.5. The molecule has 2 fully saturated rings. The number of thiazole rings is 1. The van der Waals surface area contributed by atoms with Crippen LogP contribution >= 0.6 is 22.9 Å². The molecule has 4 aromatic rings. The van der Waals surface area contributed by atoms with Gasteiger partial charge >= 0.3 is 0 Å². The van der Waals surface area contributed by atoms with E-state index in [-0.39, 0.29) is 11.7 Å². The summed E-state index contributed by atoms with van der Waals surface area (Å²) in [4.78, 5) is 20.4. The molecule has 1 aliphatic carbocycles. The predicted octanol–water partition coefficient (Wildman–Crippen LogP) is 5.25. The summed E-state index contributed by atoms with van der Waals surface area (Å²) in [6.07, 6.45) is 4.67. The van der Waals surface area contributed by atoms with E-state index in [1.165, 1.54) is 30.7 Å². The maximum atomic E-state index is 13.3. The summed E-state index contributed by atoms with van der Waals surface area (Å²) in [6, 6.07) is 15.0. The van der Waals surface area contributed by atoms with Gasteiger partial charge in [0.05, 0.1) is 18.3 Å². The van der Waals surface area contributed by atoms with Gasteiger partial charge in [-0.1, -0.05) is 23.7 Å². The van der Waals surface area contributed by atoms with Crippen LogP contribution in [0.1, 0.15) is 12.8 Å². The van der Waals surface area contributed by atoms with Gasteiger partial charge in [-0.3, -0.25) is 14.3 Å². The smallest absolute Gasteiger partial charge is 0.274 e. The number of rotatable bonds is 7. The molecule has 8 heteroatoms. The quantitative estimate of drug-likeness (QED) is 0.352. The molecule has 2 aromatic heterocycles. The first-order chi connectivity index (χ1) is 16.6. The lowest BCUT2D eigenvalue weighted by atomic mass is 10.1. The van der Waals surface area contributed by atoms with E-state index < -0.39 is 0 Å². The van der Waals surface area contributed by atoms with Crippen molar-refractivity contribution in [2.75, 3.05) is 26.7 Å². The number of halogens is 1. The number of hydrogen-bond donors (Lipinski definition) is 0. The van der Waals surface area contributed by atoms with E-state index in [1.807, 2.05) is 48.5 Å². The van der Waals surface area contributed by atoms with Crippen molar-refractivity contribution in [2.24, 2.45) is 5.92 Å². The van der Waals surface area contributed by atoms with E-state index in [9.17, 15) is 4.79 Å². The minimum Gasteiger partial charge on any atom is -0.493 e. The Labute approximate surface area is 206 Å². The molecule has 0 radical (unpaired) electrons. The van der Waals surface area contributed by atoms with Crippen molar-refractivity contribution < 1.29 is 9.47 Å². The molecule has 2 aromatic carbocycles. The van der Waals surface area contributed by atoms with Crippen molar-refractivity contribution in [1.82, 2.24) is 14.5 Å². The zero-order valence-electron chi connectivity index (χ0n) is 18.7. The van der Waals surface area contributed by atoms with Crippen LogP contribution in [-0.2, 0) is 0 Å². The van der Waals surface area contributed by atoms with Gasteiger partial charge in [0.1, 0.15) is 15.8 Å². The normalized spacial score (nSPS) is 16.5. The van der Waals surface area contributed by atoms with E-state index >= 15 is 0 Å². The average molecular weight is 494 g/mol. The highest BCUT2D eigenvalue weighted by molar-refractivity contribution is 7.21. The Morgan fingerprint density at radius 2 is 1.88 bits per heavy atom. The highest BCUT2D eigenvalue weighted by Gasteiger charge is 2.33. The molecule has 0 atom stereocenters. The van der Waals surface area contributed by atoms with Crippen LogP contribution < -0.4 is 15.0 Å². The molecule has 0 amide bonds. The maximum Gasteiger partial charge on any atom is 0.274 e. The van der Waals surface area contributed by atoms with Crippen LogP contribution in [0.15, 0.2) is 59.5 Å². The lowest BCUT2D eigenvalue weighted by molar-refractivity contribution is 0.0157. The lowest BCUT2D eigenvalue weighted by Crippen LogP contribution is -2.54. The number of benzene rings is 2. The topological polar surface area (TPSA) is 56.6 Å². The summed E-state index contributed by atoms with van der Waals surface area (Å²) in [6.45, 7) is 3.11. The van der Waals surface area contributed by atoms with Crippen molar-refractivity contribution in [3.05, 3.63) is 70.1 Å². The molecule has 2 aliphatic rings. The first-order valence-electron chi connectivity index (χ1n) is 11.4. The zero-order valence-corrected chi connectivity index (χ0v) is 20.3. The minimum atomic E-state index is -0.111. The Balaban J connectivity index is 1.25. The largest absolute Gasteiger partial charge is 0.493 e. The van der Waals surface area contributed by atoms with Crippen LogP contribution in [0, 0.1) is 5.92 Å². The Hall–Kier alpha value is -2.87. The van der Waals surface area contributed by atoms with E-state index in [4.69, 9.17) is 21.1 Å². The number of aromatic nitrogens is 2. The number of methoxy groups -OCH3 is 1. The molecule has 6 rings (SSSR count). The third kappa shape index (κ3) is 4.19. The fourth-order valence-corrected chi connectivity index (χ4v) is 5.46. The van der Waals surface area contributed by atoms with Crippen LogP contribution in [0.4, 0.5) is 0 Å². The Bertz CT molecular complexity index is 1410. The second kappa shape index (κ2) is 8.73. The molecule has 34 heavy (non-hydrogen) atoms. The Kier molecular flexibility index (Phi) is 5.56. The van der Waals surface area contributed by atoms with Gasteiger partial charge in [-0.15, -0.1) is 11.3 Å². The van der Waals surface area contributed by atoms with Crippen LogP contribution in [0.3, 0.4) is 0 Å². The van der Waals surface area contributed by atoms with Crippen LogP contribution in [-0.4, -0.2) is 47.3 Å². The fourth-order valence-electron chi connectivity index (χ4n) is 4.33. The zero-order chi connectivity index (χ0) is 23.2. The molecule has 1 aliphatic heterocycles. The van der Waals surface area contributed by atoms with Gasteiger partial charge < -0.3 is 9.47 Å². The summed E-state index contributed by atoms with van der Waals surface area (Å²) in [7, 11) is 1.62. The summed E-state index contributed by atoms with van der Waals surface area (Å²) in [5, 5.41) is 1.46. The summed E-state index contributed by atoms with van der Waals surface area (Å²) < 4.78 is 14.0. The molecule has 1 saturated carbocycles. The van der Waals surface area contributed by atoms with E-state index in [2.05, 4.69) is 9.88 Å². The van der Waals surface area contributed by atoms with E-state index in [1.54, 1.807) is 17.9 Å². The van der Waals surface area contributed by atoms with Crippen molar-refractivity contribution in [3.63, 3.8) is 0 Å².